The maximum absolute atomic E-state index is 13.3. The van der Waals surface area contributed by atoms with Crippen molar-refractivity contribution in [1.29, 1.82) is 0 Å². The summed E-state index contributed by atoms with van der Waals surface area (Å²) < 4.78 is 38.1. The second-order valence-corrected chi connectivity index (χ2v) is 11.9. The minimum atomic E-state index is -4.22. The van der Waals surface area contributed by atoms with Gasteiger partial charge in [-0.3, -0.25) is 14.4 Å². The molecule has 4 rings (SSSR count). The molecule has 0 spiro atoms. The normalized spacial score (nSPS) is 17.4. The molecule has 1 aliphatic rings. The fourth-order valence-electron chi connectivity index (χ4n) is 4.56. The molecule has 3 aromatic rings. The summed E-state index contributed by atoms with van der Waals surface area (Å²) >= 11 is 0. The van der Waals surface area contributed by atoms with Gasteiger partial charge in [-0.1, -0.05) is 13.8 Å². The summed E-state index contributed by atoms with van der Waals surface area (Å²) in [5.74, 6) is -1.00. The van der Waals surface area contributed by atoms with Crippen molar-refractivity contribution in [3.63, 3.8) is 0 Å². The second kappa shape index (κ2) is 12.0. The first-order valence-electron chi connectivity index (χ1n) is 12.9. The van der Waals surface area contributed by atoms with Gasteiger partial charge in [0.1, 0.15) is 17.4 Å². The molecule has 2 amide bonds. The van der Waals surface area contributed by atoms with Crippen LogP contribution in [0.2, 0.25) is 0 Å². The van der Waals surface area contributed by atoms with Crippen molar-refractivity contribution in [2.75, 3.05) is 20.2 Å². The van der Waals surface area contributed by atoms with Gasteiger partial charge in [0.15, 0.2) is 17.7 Å². The van der Waals surface area contributed by atoms with Crippen LogP contribution < -0.4 is 20.1 Å². The molecule has 40 heavy (non-hydrogen) atoms. The van der Waals surface area contributed by atoms with Gasteiger partial charge >= 0.3 is 15.0 Å². The SMILES string of the molecule is COc1ccc2oc(C(=O)NC(CC(C)C)C(=O)N[C@H]3CCCN(S(=O)(=O)c4cccc[n+]4[O-])CC3=O)cc2c1. The highest BCUT2D eigenvalue weighted by atomic mass is 32.2. The number of carbonyl (C=O) groups excluding carboxylic acids is 3. The lowest BCUT2D eigenvalue weighted by Crippen LogP contribution is -2.52. The molecule has 1 aromatic carbocycles. The number of pyridine rings is 1. The van der Waals surface area contributed by atoms with Gasteiger partial charge in [-0.2, -0.15) is 9.04 Å². The Morgan fingerprint density at radius 1 is 1.23 bits per heavy atom. The standard InChI is InChI=1S/C27H32N4O8S/c1-17(2)13-21(29-27(34)24-15-18-14-19(38-3)9-10-23(18)39-24)26(33)28-20-7-6-11-30(16-22(20)32)40(36,37)25-8-4-5-12-31(25)35/h4-5,8-10,12,14-15,17,20-21H,6-7,11,13,16H2,1-3H3,(H,28,33)(H,29,34)/t20-,21?/m0/s1. The second-order valence-electron chi connectivity index (χ2n) is 10.0. The van der Waals surface area contributed by atoms with Crippen LogP contribution in [0.5, 0.6) is 5.75 Å². The van der Waals surface area contributed by atoms with Gasteiger partial charge < -0.3 is 25.0 Å². The number of aromatic nitrogens is 1. The number of carbonyl (C=O) groups is 3. The largest absolute Gasteiger partial charge is 0.618 e. The summed E-state index contributed by atoms with van der Waals surface area (Å²) in [6.45, 7) is 3.31. The number of sulfonamides is 1. The molecule has 2 aromatic heterocycles. The lowest BCUT2D eigenvalue weighted by molar-refractivity contribution is -0.646. The Morgan fingerprint density at radius 2 is 2.00 bits per heavy atom. The van der Waals surface area contributed by atoms with Crippen molar-refractivity contribution in [2.45, 2.75) is 50.2 Å². The first-order valence-corrected chi connectivity index (χ1v) is 14.3. The molecule has 1 unspecified atom stereocenters. The van der Waals surface area contributed by atoms with Crippen molar-refractivity contribution in [3.05, 3.63) is 59.6 Å². The van der Waals surface area contributed by atoms with Gasteiger partial charge in [-0.25, -0.2) is 8.42 Å². The molecule has 2 N–H and O–H groups in total. The van der Waals surface area contributed by atoms with E-state index >= 15 is 0 Å². The van der Waals surface area contributed by atoms with Gasteiger partial charge in [-0.05, 0) is 55.5 Å². The molecule has 0 aliphatic carbocycles. The fourth-order valence-corrected chi connectivity index (χ4v) is 6.03. The number of ether oxygens (including phenoxy) is 1. The molecule has 3 heterocycles. The van der Waals surface area contributed by atoms with Gasteiger partial charge in [0.05, 0.1) is 19.7 Å². The van der Waals surface area contributed by atoms with Crippen LogP contribution in [0.3, 0.4) is 0 Å². The van der Waals surface area contributed by atoms with Gasteiger partial charge in [0.2, 0.25) is 5.91 Å². The number of nitrogens with zero attached hydrogens (tertiary/aromatic N) is 2. The third kappa shape index (κ3) is 6.42. The average Bonchev–Trinajstić information content (AvgIpc) is 3.25. The van der Waals surface area contributed by atoms with E-state index in [0.717, 1.165) is 10.5 Å². The molecule has 214 valence electrons. The fraction of sp³-hybridized carbons (Fsp3) is 0.407. The van der Waals surface area contributed by atoms with E-state index in [1.54, 1.807) is 24.3 Å². The third-order valence-corrected chi connectivity index (χ3v) is 8.44. The molecule has 12 nitrogen and oxygen atoms in total. The Morgan fingerprint density at radius 3 is 2.70 bits per heavy atom. The van der Waals surface area contributed by atoms with E-state index in [0.29, 0.717) is 23.1 Å². The molecular weight excluding hydrogens is 540 g/mol. The predicted octanol–water partition coefficient (Wildman–Crippen LogP) is 1.76. The molecule has 0 saturated carbocycles. The lowest BCUT2D eigenvalue weighted by atomic mass is 10.0. The Balaban J connectivity index is 1.45. The Kier molecular flexibility index (Phi) is 8.74. The highest BCUT2D eigenvalue weighted by Gasteiger charge is 2.37. The van der Waals surface area contributed by atoms with Crippen LogP contribution >= 0.6 is 0 Å². The number of hydrogen-bond donors (Lipinski definition) is 2. The van der Waals surface area contributed by atoms with Crippen molar-refractivity contribution >= 4 is 38.6 Å². The smallest absolute Gasteiger partial charge is 0.323 e. The zero-order chi connectivity index (χ0) is 29.0. The van der Waals surface area contributed by atoms with Crippen molar-refractivity contribution in [2.24, 2.45) is 5.92 Å². The van der Waals surface area contributed by atoms with Gasteiger partial charge in [0, 0.05) is 24.1 Å². The summed E-state index contributed by atoms with van der Waals surface area (Å²) in [4.78, 5) is 39.3. The maximum atomic E-state index is 13.3. The summed E-state index contributed by atoms with van der Waals surface area (Å²) in [7, 11) is -2.69. The quantitative estimate of drug-likeness (QED) is 0.290. The van der Waals surface area contributed by atoms with Crippen LogP contribution in [-0.4, -0.2) is 62.6 Å². The molecule has 1 aliphatic heterocycles. The third-order valence-electron chi connectivity index (χ3n) is 6.61. The molecule has 0 bridgehead atoms. The van der Waals surface area contributed by atoms with E-state index in [9.17, 15) is 28.0 Å². The van der Waals surface area contributed by atoms with Gasteiger partial charge in [-0.15, -0.1) is 0 Å². The summed E-state index contributed by atoms with van der Waals surface area (Å²) in [6, 6.07) is 8.76. The summed E-state index contributed by atoms with van der Waals surface area (Å²) in [5.41, 5.74) is 0.484. The topological polar surface area (TPSA) is 162 Å². The highest BCUT2D eigenvalue weighted by Crippen LogP contribution is 2.24. The number of hydrogen-bond acceptors (Lipinski definition) is 8. The molecular formula is C27H32N4O8S. The Bertz CT molecular complexity index is 1520. The van der Waals surface area contributed by atoms with Crippen molar-refractivity contribution in [1.82, 2.24) is 14.9 Å². The first-order chi connectivity index (χ1) is 19.0. The molecule has 1 saturated heterocycles. The zero-order valence-corrected chi connectivity index (χ0v) is 23.3. The van der Waals surface area contributed by atoms with E-state index in [-0.39, 0.29) is 35.8 Å². The minimum absolute atomic E-state index is 0.0122. The number of methoxy groups -OCH3 is 1. The van der Waals surface area contributed by atoms with Crippen LogP contribution in [-0.2, 0) is 19.6 Å². The minimum Gasteiger partial charge on any atom is -0.618 e. The molecule has 13 heteroatoms. The predicted molar refractivity (Wildman–Crippen MR) is 144 cm³/mol. The van der Waals surface area contributed by atoms with Gasteiger partial charge in [0.25, 0.3) is 5.91 Å². The van der Waals surface area contributed by atoms with E-state index in [2.05, 4.69) is 10.6 Å². The van der Waals surface area contributed by atoms with Crippen molar-refractivity contribution in [3.8, 4) is 5.75 Å². The number of amides is 2. The molecule has 0 radical (unpaired) electrons. The summed E-state index contributed by atoms with van der Waals surface area (Å²) in [5, 5.41) is 17.6. The number of ketones is 1. The lowest BCUT2D eigenvalue weighted by Gasteiger charge is -2.23. The average molecular weight is 573 g/mol. The summed E-state index contributed by atoms with van der Waals surface area (Å²) in [6.07, 6.45) is 1.85. The monoisotopic (exact) mass is 572 g/mol. The van der Waals surface area contributed by atoms with Crippen LogP contribution in [0.25, 0.3) is 11.0 Å². The van der Waals surface area contributed by atoms with Crippen LogP contribution in [0.4, 0.5) is 0 Å². The van der Waals surface area contributed by atoms with E-state index in [1.807, 2.05) is 13.8 Å². The molecule has 2 atom stereocenters. The number of Topliss-reactive ketones (excluding diaryl/α,β-unsaturated/α-hetero) is 1. The van der Waals surface area contributed by atoms with E-state index in [1.165, 1.54) is 25.3 Å². The first kappa shape index (κ1) is 29.0. The highest BCUT2D eigenvalue weighted by molar-refractivity contribution is 7.89. The van der Waals surface area contributed by atoms with E-state index < -0.39 is 51.3 Å². The van der Waals surface area contributed by atoms with Crippen LogP contribution in [0, 0.1) is 11.1 Å². The maximum Gasteiger partial charge on any atom is 0.323 e. The van der Waals surface area contributed by atoms with Crippen LogP contribution in [0.1, 0.15) is 43.7 Å². The van der Waals surface area contributed by atoms with Crippen LogP contribution in [0.15, 0.2) is 58.1 Å². The number of rotatable bonds is 9. The zero-order valence-electron chi connectivity index (χ0n) is 22.5. The Hall–Kier alpha value is -3.97. The Labute approximate surface area is 231 Å². The van der Waals surface area contributed by atoms with E-state index in [4.69, 9.17) is 9.15 Å². The number of benzene rings is 1. The number of furan rings is 1. The van der Waals surface area contributed by atoms with Crippen molar-refractivity contribution < 1.29 is 36.7 Å². The number of nitrogens with one attached hydrogen (secondary N) is 2. The molecule has 1 fully saturated rings. The number of fused-ring (bicyclic) bond motifs is 1.